The predicted octanol–water partition coefficient (Wildman–Crippen LogP) is 3.98. The van der Waals surface area contributed by atoms with Crippen molar-refractivity contribution >= 4 is 32.5 Å². The van der Waals surface area contributed by atoms with Crippen LogP contribution in [0.25, 0.3) is 10.9 Å². The summed E-state index contributed by atoms with van der Waals surface area (Å²) in [5, 5.41) is 2.88. The van der Waals surface area contributed by atoms with E-state index in [4.69, 9.17) is 0 Å². The number of nitrogens with one attached hydrogen (secondary N) is 2. The SMILES string of the molecule is CCN(c1ccccc1)S(=O)(=O)c1ccc2[nH]cc(C(=O)NCc3ccc(C)cc3)c(=O)c2c1. The fourth-order valence-corrected chi connectivity index (χ4v) is 5.22. The van der Waals surface area contributed by atoms with Crippen molar-refractivity contribution in [2.45, 2.75) is 25.3 Å². The highest BCUT2D eigenvalue weighted by Crippen LogP contribution is 2.24. The van der Waals surface area contributed by atoms with E-state index in [2.05, 4.69) is 10.3 Å². The van der Waals surface area contributed by atoms with E-state index >= 15 is 0 Å². The molecule has 0 fully saturated rings. The fourth-order valence-electron chi connectivity index (χ4n) is 3.72. The van der Waals surface area contributed by atoms with Crippen LogP contribution < -0.4 is 15.1 Å². The van der Waals surface area contributed by atoms with Gasteiger partial charge in [-0.05, 0) is 49.7 Å². The molecule has 0 saturated carbocycles. The van der Waals surface area contributed by atoms with Crippen LogP contribution in [-0.4, -0.2) is 25.9 Å². The first-order valence-corrected chi connectivity index (χ1v) is 12.3. The van der Waals surface area contributed by atoms with E-state index < -0.39 is 21.4 Å². The summed E-state index contributed by atoms with van der Waals surface area (Å²) in [5.74, 6) is -0.531. The second-order valence-electron chi connectivity index (χ2n) is 7.91. The summed E-state index contributed by atoms with van der Waals surface area (Å²) in [4.78, 5) is 28.7. The summed E-state index contributed by atoms with van der Waals surface area (Å²) in [6.45, 7) is 4.22. The molecule has 1 amide bonds. The zero-order chi connectivity index (χ0) is 24.3. The summed E-state index contributed by atoms with van der Waals surface area (Å²) in [6.07, 6.45) is 1.35. The van der Waals surface area contributed by atoms with Crippen LogP contribution in [-0.2, 0) is 16.6 Å². The van der Waals surface area contributed by atoms with Crippen molar-refractivity contribution in [1.82, 2.24) is 10.3 Å². The molecule has 0 unspecified atom stereocenters. The lowest BCUT2D eigenvalue weighted by atomic mass is 10.1. The van der Waals surface area contributed by atoms with E-state index in [0.717, 1.165) is 11.1 Å². The molecule has 0 aliphatic rings. The van der Waals surface area contributed by atoms with E-state index in [1.54, 1.807) is 31.2 Å². The smallest absolute Gasteiger partial charge is 0.264 e. The number of hydrogen-bond donors (Lipinski definition) is 2. The quantitative estimate of drug-likeness (QED) is 0.422. The molecule has 174 valence electrons. The number of pyridine rings is 1. The van der Waals surface area contributed by atoms with Crippen molar-refractivity contribution in [3.8, 4) is 0 Å². The van der Waals surface area contributed by atoms with Crippen molar-refractivity contribution < 1.29 is 13.2 Å². The van der Waals surface area contributed by atoms with Crippen molar-refractivity contribution in [2.24, 2.45) is 0 Å². The molecule has 1 aromatic heterocycles. The molecule has 4 rings (SSSR count). The van der Waals surface area contributed by atoms with Crippen molar-refractivity contribution in [1.29, 1.82) is 0 Å². The van der Waals surface area contributed by atoms with Crippen molar-refractivity contribution in [3.63, 3.8) is 0 Å². The summed E-state index contributed by atoms with van der Waals surface area (Å²) in [5.41, 5.74) is 2.38. The molecule has 0 aliphatic carbocycles. The Balaban J connectivity index is 1.67. The Morgan fingerprint density at radius 3 is 2.38 bits per heavy atom. The Kier molecular flexibility index (Phi) is 6.51. The highest BCUT2D eigenvalue weighted by Gasteiger charge is 2.24. The van der Waals surface area contributed by atoms with E-state index in [1.807, 2.05) is 37.3 Å². The molecular formula is C26H25N3O4S. The van der Waals surface area contributed by atoms with Gasteiger partial charge in [0.2, 0.25) is 5.43 Å². The Morgan fingerprint density at radius 2 is 1.71 bits per heavy atom. The van der Waals surface area contributed by atoms with Crippen LogP contribution >= 0.6 is 0 Å². The van der Waals surface area contributed by atoms with Gasteiger partial charge >= 0.3 is 0 Å². The maximum absolute atomic E-state index is 13.4. The number of carbonyl (C=O) groups is 1. The first kappa shape index (κ1) is 23.3. The number of para-hydroxylation sites is 1. The summed E-state index contributed by atoms with van der Waals surface area (Å²) < 4.78 is 28.0. The number of aromatic nitrogens is 1. The first-order chi connectivity index (χ1) is 16.3. The number of rotatable bonds is 7. The highest BCUT2D eigenvalue weighted by molar-refractivity contribution is 7.92. The van der Waals surface area contributed by atoms with E-state index in [-0.39, 0.29) is 28.9 Å². The van der Waals surface area contributed by atoms with Gasteiger partial charge in [-0.15, -0.1) is 0 Å². The number of hydrogen-bond acceptors (Lipinski definition) is 4. The molecule has 0 bridgehead atoms. The average Bonchev–Trinajstić information content (AvgIpc) is 2.84. The van der Waals surface area contributed by atoms with Gasteiger partial charge in [0.15, 0.2) is 0 Å². The van der Waals surface area contributed by atoms with E-state index in [0.29, 0.717) is 11.2 Å². The Hall–Kier alpha value is -3.91. The number of benzene rings is 3. The molecule has 3 aromatic carbocycles. The standard InChI is InChI=1S/C26H25N3O4S/c1-3-29(20-7-5-4-6-8-20)34(32,33)21-13-14-24-22(15-21)25(30)23(17-27-24)26(31)28-16-19-11-9-18(2)10-12-19/h4-15,17H,3,16H2,1-2H3,(H,27,30)(H,28,31). The van der Waals surface area contributed by atoms with Crippen LogP contribution in [0.5, 0.6) is 0 Å². The molecule has 0 spiro atoms. The Bertz CT molecular complexity index is 1500. The van der Waals surface area contributed by atoms with Gasteiger partial charge in [0.05, 0.1) is 10.6 Å². The number of amides is 1. The number of aryl methyl sites for hydroxylation is 1. The lowest BCUT2D eigenvalue weighted by Crippen LogP contribution is -2.31. The molecule has 4 aromatic rings. The minimum atomic E-state index is -3.92. The molecule has 8 heteroatoms. The second-order valence-corrected chi connectivity index (χ2v) is 9.77. The van der Waals surface area contributed by atoms with Gasteiger partial charge in [-0.2, -0.15) is 0 Å². The fraction of sp³-hybridized carbons (Fsp3) is 0.154. The number of fused-ring (bicyclic) bond motifs is 1. The average molecular weight is 476 g/mol. The van der Waals surface area contributed by atoms with Crippen LogP contribution in [0.15, 0.2) is 88.7 Å². The normalized spacial score (nSPS) is 11.4. The number of H-pyrrole nitrogens is 1. The minimum absolute atomic E-state index is 0.0200. The molecular weight excluding hydrogens is 450 g/mol. The largest absolute Gasteiger partial charge is 0.360 e. The molecule has 2 N–H and O–H groups in total. The van der Waals surface area contributed by atoms with E-state index in [1.165, 1.54) is 28.7 Å². The number of carbonyl (C=O) groups excluding carboxylic acids is 1. The molecule has 1 heterocycles. The summed E-state index contributed by atoms with van der Waals surface area (Å²) in [6, 6.07) is 20.8. The molecule has 0 saturated heterocycles. The van der Waals surface area contributed by atoms with Gasteiger partial charge in [-0.3, -0.25) is 13.9 Å². The number of nitrogens with zero attached hydrogens (tertiary/aromatic N) is 1. The first-order valence-electron chi connectivity index (χ1n) is 10.9. The van der Waals surface area contributed by atoms with Crippen LogP contribution in [0.2, 0.25) is 0 Å². The van der Waals surface area contributed by atoms with Gasteiger partial charge in [0.25, 0.3) is 15.9 Å². The van der Waals surface area contributed by atoms with Gasteiger partial charge in [0.1, 0.15) is 5.56 Å². The van der Waals surface area contributed by atoms with E-state index in [9.17, 15) is 18.0 Å². The van der Waals surface area contributed by atoms with Crippen molar-refractivity contribution in [3.05, 3.63) is 106 Å². The molecule has 0 aliphatic heterocycles. The molecule has 34 heavy (non-hydrogen) atoms. The zero-order valence-electron chi connectivity index (χ0n) is 18.9. The van der Waals surface area contributed by atoms with Gasteiger partial charge in [-0.25, -0.2) is 8.42 Å². The highest BCUT2D eigenvalue weighted by atomic mass is 32.2. The molecule has 0 atom stereocenters. The monoisotopic (exact) mass is 475 g/mol. The lowest BCUT2D eigenvalue weighted by Gasteiger charge is -2.23. The second kappa shape index (κ2) is 9.52. The number of anilines is 1. The molecule has 0 radical (unpaired) electrons. The third-order valence-electron chi connectivity index (χ3n) is 5.59. The van der Waals surface area contributed by atoms with Gasteiger partial charge < -0.3 is 10.3 Å². The Morgan fingerprint density at radius 1 is 1.00 bits per heavy atom. The summed E-state index contributed by atoms with van der Waals surface area (Å²) in [7, 11) is -3.92. The predicted molar refractivity (Wildman–Crippen MR) is 134 cm³/mol. The lowest BCUT2D eigenvalue weighted by molar-refractivity contribution is 0.0949. The van der Waals surface area contributed by atoms with Gasteiger partial charge in [-0.1, -0.05) is 48.0 Å². The molecule has 7 nitrogen and oxygen atoms in total. The van der Waals surface area contributed by atoms with Crippen LogP contribution in [0, 0.1) is 6.92 Å². The summed E-state index contributed by atoms with van der Waals surface area (Å²) >= 11 is 0. The third kappa shape index (κ3) is 4.58. The number of aromatic amines is 1. The van der Waals surface area contributed by atoms with Crippen molar-refractivity contribution in [2.75, 3.05) is 10.8 Å². The maximum atomic E-state index is 13.4. The van der Waals surface area contributed by atoms with Crippen LogP contribution in [0.4, 0.5) is 5.69 Å². The van der Waals surface area contributed by atoms with Crippen LogP contribution in [0.3, 0.4) is 0 Å². The number of sulfonamides is 1. The topological polar surface area (TPSA) is 99.3 Å². The zero-order valence-corrected chi connectivity index (χ0v) is 19.7. The Labute approximate surface area is 198 Å². The third-order valence-corrected chi connectivity index (χ3v) is 7.49. The van der Waals surface area contributed by atoms with Crippen LogP contribution in [0.1, 0.15) is 28.4 Å². The minimum Gasteiger partial charge on any atom is -0.360 e. The van der Waals surface area contributed by atoms with Gasteiger partial charge in [0, 0.05) is 30.2 Å². The maximum Gasteiger partial charge on any atom is 0.264 e.